The van der Waals surface area contributed by atoms with Crippen LogP contribution in [0.2, 0.25) is 0 Å². The highest BCUT2D eigenvalue weighted by Crippen LogP contribution is 2.44. The van der Waals surface area contributed by atoms with E-state index in [9.17, 15) is 4.79 Å². The number of benzene rings is 1. The minimum Gasteiger partial charge on any atom is -0.515 e. The molecule has 76 valence electrons. The van der Waals surface area contributed by atoms with Crippen LogP contribution in [0.25, 0.3) is 0 Å². The molecule has 1 heterocycles. The summed E-state index contributed by atoms with van der Waals surface area (Å²) >= 11 is 0. The first-order chi connectivity index (χ1) is 7.31. The van der Waals surface area contributed by atoms with E-state index in [0.717, 1.165) is 18.2 Å². The van der Waals surface area contributed by atoms with Gasteiger partial charge in [-0.2, -0.15) is 0 Å². The first-order valence-corrected chi connectivity index (χ1v) is 4.94. The topological polar surface area (TPSA) is 46.5 Å². The van der Waals surface area contributed by atoms with Gasteiger partial charge in [-0.05, 0) is 11.1 Å². The first-order valence-electron chi connectivity index (χ1n) is 4.94. The van der Waals surface area contributed by atoms with Gasteiger partial charge in [-0.1, -0.05) is 24.3 Å². The van der Waals surface area contributed by atoms with E-state index < -0.39 is 0 Å². The SMILES string of the molecule is O=C1OC2Cc3ccccc3C2/C1=C\O. The van der Waals surface area contributed by atoms with Gasteiger partial charge in [-0.25, -0.2) is 4.79 Å². The molecule has 1 aromatic rings. The summed E-state index contributed by atoms with van der Waals surface area (Å²) in [5, 5.41) is 9.05. The van der Waals surface area contributed by atoms with E-state index in [0.29, 0.717) is 5.57 Å². The maximum absolute atomic E-state index is 11.4. The minimum absolute atomic E-state index is 0.0706. The second-order valence-electron chi connectivity index (χ2n) is 3.91. The van der Waals surface area contributed by atoms with Gasteiger partial charge < -0.3 is 9.84 Å². The van der Waals surface area contributed by atoms with Gasteiger partial charge in [0.1, 0.15) is 6.10 Å². The van der Waals surface area contributed by atoms with Crippen molar-refractivity contribution in [2.45, 2.75) is 18.4 Å². The Morgan fingerprint density at radius 1 is 1.40 bits per heavy atom. The zero-order valence-electron chi connectivity index (χ0n) is 8.01. The van der Waals surface area contributed by atoms with Crippen LogP contribution in [-0.4, -0.2) is 17.2 Å². The fourth-order valence-corrected chi connectivity index (χ4v) is 2.50. The zero-order valence-corrected chi connectivity index (χ0v) is 8.01. The number of rotatable bonds is 0. The molecule has 15 heavy (non-hydrogen) atoms. The van der Waals surface area contributed by atoms with Crippen LogP contribution in [0.1, 0.15) is 17.0 Å². The average Bonchev–Trinajstić information content (AvgIpc) is 2.72. The van der Waals surface area contributed by atoms with Crippen LogP contribution in [0.5, 0.6) is 0 Å². The Balaban J connectivity index is 2.13. The van der Waals surface area contributed by atoms with Gasteiger partial charge in [0.2, 0.25) is 0 Å². The average molecular weight is 202 g/mol. The molecule has 1 N–H and O–H groups in total. The quantitative estimate of drug-likeness (QED) is 0.395. The number of aliphatic hydroxyl groups is 1. The van der Waals surface area contributed by atoms with Gasteiger partial charge in [0, 0.05) is 6.42 Å². The summed E-state index contributed by atoms with van der Waals surface area (Å²) in [4.78, 5) is 11.4. The third-order valence-corrected chi connectivity index (χ3v) is 3.15. The molecule has 0 amide bonds. The summed E-state index contributed by atoms with van der Waals surface area (Å²) in [5.41, 5.74) is 2.69. The van der Waals surface area contributed by atoms with E-state index in [2.05, 4.69) is 0 Å². The molecular weight excluding hydrogens is 192 g/mol. The Morgan fingerprint density at radius 2 is 2.20 bits per heavy atom. The standard InChI is InChI=1S/C12H10O3/c13-6-9-11-8-4-2-1-3-7(8)5-10(11)15-12(9)14/h1-4,6,10-11,13H,5H2/b9-6+. The maximum Gasteiger partial charge on any atom is 0.338 e. The second-order valence-corrected chi connectivity index (χ2v) is 3.91. The fourth-order valence-electron chi connectivity index (χ4n) is 2.50. The van der Waals surface area contributed by atoms with Crippen LogP contribution in [-0.2, 0) is 16.0 Å². The van der Waals surface area contributed by atoms with Crippen molar-refractivity contribution in [3.63, 3.8) is 0 Å². The molecule has 1 aromatic carbocycles. The van der Waals surface area contributed by atoms with Crippen molar-refractivity contribution in [1.82, 2.24) is 0 Å². The first kappa shape index (κ1) is 8.53. The van der Waals surface area contributed by atoms with Crippen LogP contribution >= 0.6 is 0 Å². The van der Waals surface area contributed by atoms with E-state index in [-0.39, 0.29) is 18.0 Å². The van der Waals surface area contributed by atoms with Crippen LogP contribution in [0.15, 0.2) is 36.1 Å². The van der Waals surface area contributed by atoms with Crippen molar-refractivity contribution in [1.29, 1.82) is 0 Å². The van der Waals surface area contributed by atoms with Crippen molar-refractivity contribution in [2.75, 3.05) is 0 Å². The molecule has 0 bridgehead atoms. The van der Waals surface area contributed by atoms with E-state index in [1.807, 2.05) is 24.3 Å². The predicted octanol–water partition coefficient (Wildman–Crippen LogP) is 1.69. The minimum atomic E-state index is -0.387. The third kappa shape index (κ3) is 1.03. The lowest BCUT2D eigenvalue weighted by atomic mass is 9.94. The van der Waals surface area contributed by atoms with Gasteiger partial charge in [-0.3, -0.25) is 0 Å². The predicted molar refractivity (Wildman–Crippen MR) is 53.5 cm³/mol. The molecule has 1 aliphatic carbocycles. The van der Waals surface area contributed by atoms with Gasteiger partial charge in [0.25, 0.3) is 0 Å². The van der Waals surface area contributed by atoms with Crippen molar-refractivity contribution >= 4 is 5.97 Å². The zero-order chi connectivity index (χ0) is 10.4. The molecule has 1 saturated heterocycles. The number of carbonyl (C=O) groups excluding carboxylic acids is 1. The summed E-state index contributed by atoms with van der Waals surface area (Å²) in [5.74, 6) is -0.458. The highest BCUT2D eigenvalue weighted by atomic mass is 16.6. The van der Waals surface area contributed by atoms with Gasteiger partial charge in [-0.15, -0.1) is 0 Å². The van der Waals surface area contributed by atoms with Crippen LogP contribution < -0.4 is 0 Å². The Morgan fingerprint density at radius 3 is 3.00 bits per heavy atom. The molecule has 2 unspecified atom stereocenters. The largest absolute Gasteiger partial charge is 0.515 e. The molecular formula is C12H10O3. The monoisotopic (exact) mass is 202 g/mol. The molecule has 0 aromatic heterocycles. The number of hydrogen-bond acceptors (Lipinski definition) is 3. The molecule has 1 fully saturated rings. The van der Waals surface area contributed by atoms with E-state index in [1.165, 1.54) is 5.56 Å². The molecule has 3 rings (SSSR count). The molecule has 1 aliphatic heterocycles. The molecule has 3 nitrogen and oxygen atoms in total. The van der Waals surface area contributed by atoms with Gasteiger partial charge >= 0.3 is 5.97 Å². The molecule has 0 spiro atoms. The second kappa shape index (κ2) is 2.86. The summed E-state index contributed by atoms with van der Waals surface area (Å²) < 4.78 is 5.20. The molecule has 3 heteroatoms. The van der Waals surface area contributed by atoms with Crippen LogP contribution in [0.3, 0.4) is 0 Å². The summed E-state index contributed by atoms with van der Waals surface area (Å²) in [6.07, 6.45) is 1.52. The number of ether oxygens (including phenoxy) is 1. The van der Waals surface area contributed by atoms with E-state index >= 15 is 0 Å². The maximum atomic E-state index is 11.4. The number of hydrogen-bond donors (Lipinski definition) is 1. The highest BCUT2D eigenvalue weighted by Gasteiger charge is 2.46. The highest BCUT2D eigenvalue weighted by molar-refractivity contribution is 5.93. The number of carbonyl (C=O) groups is 1. The molecule has 2 atom stereocenters. The Hall–Kier alpha value is -1.77. The summed E-state index contributed by atoms with van der Waals surface area (Å²) in [6.45, 7) is 0. The van der Waals surface area contributed by atoms with Crippen LogP contribution in [0.4, 0.5) is 0 Å². The van der Waals surface area contributed by atoms with E-state index in [4.69, 9.17) is 9.84 Å². The fraction of sp³-hybridized carbons (Fsp3) is 0.250. The third-order valence-electron chi connectivity index (χ3n) is 3.15. The smallest absolute Gasteiger partial charge is 0.338 e. The Labute approximate surface area is 87.0 Å². The lowest BCUT2D eigenvalue weighted by molar-refractivity contribution is -0.138. The van der Waals surface area contributed by atoms with Crippen molar-refractivity contribution in [3.05, 3.63) is 47.2 Å². The lowest BCUT2D eigenvalue weighted by Gasteiger charge is -2.06. The van der Waals surface area contributed by atoms with E-state index in [1.54, 1.807) is 0 Å². The molecule has 2 aliphatic rings. The number of esters is 1. The molecule has 0 saturated carbocycles. The number of fused-ring (bicyclic) bond motifs is 3. The number of aliphatic hydroxyl groups excluding tert-OH is 1. The molecule has 0 radical (unpaired) electrons. The summed E-state index contributed by atoms with van der Waals surface area (Å²) in [7, 11) is 0. The lowest BCUT2D eigenvalue weighted by Crippen LogP contribution is -2.09. The van der Waals surface area contributed by atoms with Gasteiger partial charge in [0.05, 0.1) is 17.8 Å². The van der Waals surface area contributed by atoms with Gasteiger partial charge in [0.15, 0.2) is 0 Å². The van der Waals surface area contributed by atoms with Crippen molar-refractivity contribution < 1.29 is 14.6 Å². The summed E-state index contributed by atoms with van der Waals surface area (Å²) in [6, 6.07) is 7.95. The van der Waals surface area contributed by atoms with Crippen molar-refractivity contribution in [3.8, 4) is 0 Å². The Bertz CT molecular complexity index is 462. The Kier molecular flexibility index (Phi) is 1.63. The van der Waals surface area contributed by atoms with Crippen molar-refractivity contribution in [2.24, 2.45) is 0 Å². The normalized spacial score (nSPS) is 30.1. The van der Waals surface area contributed by atoms with Crippen LogP contribution in [0, 0.1) is 0 Å².